The Balaban J connectivity index is 2.21. The maximum absolute atomic E-state index is 12.7. The standard InChI is InChI=1S/C15H25N3O2S/c1-5-16-14-6-8-15(9-7-14)21(19,20)18-10-12(2)17(4)13(3)11-18/h6-9,12-13,16H,5,10-11H2,1-4H3. The summed E-state index contributed by atoms with van der Waals surface area (Å²) in [5, 5.41) is 3.17. The molecule has 1 N–H and O–H groups in total. The Bertz CT molecular complexity index is 559. The van der Waals surface area contributed by atoms with Crippen molar-refractivity contribution in [2.45, 2.75) is 37.8 Å². The molecule has 0 amide bonds. The second-order valence-corrected chi connectivity index (χ2v) is 7.68. The van der Waals surface area contributed by atoms with Crippen LogP contribution in [-0.2, 0) is 10.0 Å². The van der Waals surface area contributed by atoms with Gasteiger partial charge in [-0.3, -0.25) is 4.90 Å². The molecule has 1 aliphatic rings. The smallest absolute Gasteiger partial charge is 0.243 e. The summed E-state index contributed by atoms with van der Waals surface area (Å²) in [6.07, 6.45) is 0. The van der Waals surface area contributed by atoms with E-state index in [1.165, 1.54) is 0 Å². The van der Waals surface area contributed by atoms with E-state index >= 15 is 0 Å². The van der Waals surface area contributed by atoms with Gasteiger partial charge in [0.05, 0.1) is 4.90 Å². The van der Waals surface area contributed by atoms with E-state index in [0.717, 1.165) is 12.2 Å². The van der Waals surface area contributed by atoms with Crippen LogP contribution in [0.2, 0.25) is 0 Å². The summed E-state index contributed by atoms with van der Waals surface area (Å²) < 4.78 is 27.1. The molecule has 0 aliphatic carbocycles. The first kappa shape index (κ1) is 16.3. The van der Waals surface area contributed by atoms with Crippen LogP contribution in [0.15, 0.2) is 29.2 Å². The van der Waals surface area contributed by atoms with E-state index in [1.54, 1.807) is 16.4 Å². The van der Waals surface area contributed by atoms with Gasteiger partial charge in [0.25, 0.3) is 0 Å². The Hall–Kier alpha value is -1.11. The van der Waals surface area contributed by atoms with Gasteiger partial charge in [0.15, 0.2) is 0 Å². The van der Waals surface area contributed by atoms with Crippen molar-refractivity contribution in [2.75, 3.05) is 32.0 Å². The molecule has 1 aromatic carbocycles. The molecule has 1 aliphatic heterocycles. The molecular weight excluding hydrogens is 286 g/mol. The molecule has 1 fully saturated rings. The van der Waals surface area contributed by atoms with E-state index in [0.29, 0.717) is 18.0 Å². The minimum absolute atomic E-state index is 0.226. The van der Waals surface area contributed by atoms with Gasteiger partial charge in [-0.05, 0) is 52.1 Å². The molecule has 0 aromatic heterocycles. The summed E-state index contributed by atoms with van der Waals surface area (Å²) in [6, 6.07) is 7.45. The number of benzene rings is 1. The zero-order chi connectivity index (χ0) is 15.6. The zero-order valence-corrected chi connectivity index (χ0v) is 14.0. The lowest BCUT2D eigenvalue weighted by atomic mass is 10.1. The maximum atomic E-state index is 12.7. The number of hydrogen-bond donors (Lipinski definition) is 1. The van der Waals surface area contributed by atoms with Gasteiger partial charge in [-0.2, -0.15) is 4.31 Å². The van der Waals surface area contributed by atoms with Crippen molar-refractivity contribution < 1.29 is 8.42 Å². The first-order valence-electron chi connectivity index (χ1n) is 7.42. The summed E-state index contributed by atoms with van der Waals surface area (Å²) >= 11 is 0. The number of hydrogen-bond acceptors (Lipinski definition) is 4. The van der Waals surface area contributed by atoms with E-state index in [4.69, 9.17) is 0 Å². The Labute approximate surface area is 128 Å². The average molecular weight is 311 g/mol. The van der Waals surface area contributed by atoms with Crippen LogP contribution in [0.4, 0.5) is 5.69 Å². The highest BCUT2D eigenvalue weighted by Gasteiger charge is 2.34. The van der Waals surface area contributed by atoms with Gasteiger partial charge < -0.3 is 5.32 Å². The quantitative estimate of drug-likeness (QED) is 0.922. The predicted molar refractivity (Wildman–Crippen MR) is 86.1 cm³/mol. The third kappa shape index (κ3) is 3.39. The molecule has 0 saturated carbocycles. The maximum Gasteiger partial charge on any atom is 0.243 e. The van der Waals surface area contributed by atoms with Crippen molar-refractivity contribution in [3.8, 4) is 0 Å². The molecule has 0 radical (unpaired) electrons. The average Bonchev–Trinajstić information content (AvgIpc) is 2.45. The van der Waals surface area contributed by atoms with Crippen LogP contribution in [-0.4, -0.2) is 56.4 Å². The lowest BCUT2D eigenvalue weighted by molar-refractivity contribution is 0.105. The number of piperazine rings is 1. The fourth-order valence-corrected chi connectivity index (χ4v) is 4.25. The van der Waals surface area contributed by atoms with Crippen LogP contribution in [0.5, 0.6) is 0 Å². The van der Waals surface area contributed by atoms with Crippen molar-refractivity contribution in [2.24, 2.45) is 0 Å². The van der Waals surface area contributed by atoms with Crippen molar-refractivity contribution in [1.29, 1.82) is 0 Å². The van der Waals surface area contributed by atoms with Gasteiger partial charge in [0.1, 0.15) is 0 Å². The highest BCUT2D eigenvalue weighted by Crippen LogP contribution is 2.23. The van der Waals surface area contributed by atoms with Crippen LogP contribution in [0, 0.1) is 0 Å². The molecule has 2 unspecified atom stereocenters. The highest BCUT2D eigenvalue weighted by atomic mass is 32.2. The van der Waals surface area contributed by atoms with Gasteiger partial charge in [-0.25, -0.2) is 8.42 Å². The van der Waals surface area contributed by atoms with Crippen LogP contribution in [0.25, 0.3) is 0 Å². The fraction of sp³-hybridized carbons (Fsp3) is 0.600. The van der Waals surface area contributed by atoms with Gasteiger partial charge in [-0.1, -0.05) is 0 Å². The van der Waals surface area contributed by atoms with Crippen molar-refractivity contribution >= 4 is 15.7 Å². The Kier molecular flexibility index (Phi) is 4.91. The molecule has 0 bridgehead atoms. The Morgan fingerprint density at radius 3 is 2.14 bits per heavy atom. The molecule has 5 nitrogen and oxygen atoms in total. The molecule has 118 valence electrons. The van der Waals surface area contributed by atoms with Crippen molar-refractivity contribution in [3.05, 3.63) is 24.3 Å². The zero-order valence-electron chi connectivity index (χ0n) is 13.2. The number of likely N-dealkylation sites (N-methyl/N-ethyl adjacent to an activating group) is 1. The van der Waals surface area contributed by atoms with E-state index < -0.39 is 10.0 Å². The Morgan fingerprint density at radius 1 is 1.14 bits per heavy atom. The van der Waals surface area contributed by atoms with Crippen LogP contribution in [0.3, 0.4) is 0 Å². The van der Waals surface area contributed by atoms with E-state index in [9.17, 15) is 8.42 Å². The molecule has 2 rings (SSSR count). The second kappa shape index (κ2) is 6.34. The van der Waals surface area contributed by atoms with Crippen molar-refractivity contribution in [1.82, 2.24) is 9.21 Å². The summed E-state index contributed by atoms with van der Waals surface area (Å²) in [5.41, 5.74) is 0.941. The number of nitrogens with zero attached hydrogens (tertiary/aromatic N) is 2. The van der Waals surface area contributed by atoms with Gasteiger partial charge in [0.2, 0.25) is 10.0 Å². The normalized spacial score (nSPS) is 25.0. The van der Waals surface area contributed by atoms with E-state index in [-0.39, 0.29) is 12.1 Å². The van der Waals surface area contributed by atoms with Gasteiger partial charge >= 0.3 is 0 Å². The molecule has 21 heavy (non-hydrogen) atoms. The molecule has 6 heteroatoms. The van der Waals surface area contributed by atoms with Crippen molar-refractivity contribution in [3.63, 3.8) is 0 Å². The summed E-state index contributed by atoms with van der Waals surface area (Å²) in [4.78, 5) is 2.59. The topological polar surface area (TPSA) is 52.7 Å². The number of sulfonamides is 1. The molecule has 2 atom stereocenters. The number of nitrogens with one attached hydrogen (secondary N) is 1. The van der Waals surface area contributed by atoms with Crippen LogP contribution >= 0.6 is 0 Å². The SMILES string of the molecule is CCNc1ccc(S(=O)(=O)N2CC(C)N(C)C(C)C2)cc1. The minimum atomic E-state index is -3.40. The largest absolute Gasteiger partial charge is 0.385 e. The highest BCUT2D eigenvalue weighted by molar-refractivity contribution is 7.89. The first-order valence-corrected chi connectivity index (χ1v) is 8.86. The Morgan fingerprint density at radius 2 is 1.67 bits per heavy atom. The minimum Gasteiger partial charge on any atom is -0.385 e. The lowest BCUT2D eigenvalue weighted by Gasteiger charge is -2.41. The third-order valence-electron chi connectivity index (χ3n) is 4.20. The molecular formula is C15H25N3O2S. The van der Waals surface area contributed by atoms with E-state index in [2.05, 4.69) is 24.1 Å². The summed E-state index contributed by atoms with van der Waals surface area (Å²) in [5.74, 6) is 0. The van der Waals surface area contributed by atoms with Crippen LogP contribution in [0.1, 0.15) is 20.8 Å². The fourth-order valence-electron chi connectivity index (χ4n) is 2.65. The van der Waals surface area contributed by atoms with E-state index in [1.807, 2.05) is 26.1 Å². The monoisotopic (exact) mass is 311 g/mol. The summed E-state index contributed by atoms with van der Waals surface area (Å²) in [7, 11) is -1.36. The van der Waals surface area contributed by atoms with Gasteiger partial charge in [0, 0.05) is 37.4 Å². The number of anilines is 1. The molecule has 1 saturated heterocycles. The first-order chi connectivity index (χ1) is 9.86. The number of rotatable bonds is 4. The summed E-state index contributed by atoms with van der Waals surface area (Å²) in [6.45, 7) is 8.03. The predicted octanol–water partition coefficient (Wildman–Crippen LogP) is 1.83. The van der Waals surface area contributed by atoms with Gasteiger partial charge in [-0.15, -0.1) is 0 Å². The third-order valence-corrected chi connectivity index (χ3v) is 6.05. The van der Waals surface area contributed by atoms with Crippen LogP contribution < -0.4 is 5.32 Å². The lowest BCUT2D eigenvalue weighted by Crippen LogP contribution is -2.56. The molecule has 0 spiro atoms. The second-order valence-electron chi connectivity index (χ2n) is 5.74. The molecule has 1 aromatic rings. The molecule has 1 heterocycles.